The first-order valence-corrected chi connectivity index (χ1v) is 5.29. The van der Waals surface area contributed by atoms with Crippen molar-refractivity contribution in [2.45, 2.75) is 6.61 Å². The molecule has 4 heteroatoms. The van der Waals surface area contributed by atoms with Gasteiger partial charge in [0.1, 0.15) is 6.61 Å². The number of fused-ring (bicyclic) bond motifs is 1. The molecule has 2 aromatic rings. The summed E-state index contributed by atoms with van der Waals surface area (Å²) in [6.45, 7) is -0.250. The Morgan fingerprint density at radius 2 is 2.08 bits per heavy atom. The molecule has 0 spiro atoms. The van der Waals surface area contributed by atoms with Crippen LogP contribution in [0.15, 0.2) is 17.5 Å². The number of hydrogen-bond donors (Lipinski definition) is 0. The second-order valence-corrected chi connectivity index (χ2v) is 4.34. The summed E-state index contributed by atoms with van der Waals surface area (Å²) >= 11 is 13.3. The maximum absolute atomic E-state index is 10.8. The van der Waals surface area contributed by atoms with Crippen LogP contribution in [0.5, 0.6) is 0 Å². The number of benzene rings is 1. The van der Waals surface area contributed by atoms with Crippen LogP contribution in [0.2, 0.25) is 10.0 Å². The average Bonchev–Trinajstić information content (AvgIpc) is 2.55. The Morgan fingerprint density at radius 3 is 2.77 bits per heavy atom. The number of hydrogen-bond acceptors (Lipinski definition) is 1. The first kappa shape index (κ1) is 9.28. The molecule has 0 aliphatic carbocycles. The lowest BCUT2D eigenvalue weighted by molar-refractivity contribution is 0.179. The van der Waals surface area contributed by atoms with Gasteiger partial charge in [0.15, 0.2) is 0 Å². The van der Waals surface area contributed by atoms with Crippen LogP contribution in [0.3, 0.4) is 0 Å². The molecule has 1 aromatic heterocycles. The molecular formula is C9H5Cl2OS. The third kappa shape index (κ3) is 1.44. The Hall–Kier alpha value is -0.280. The van der Waals surface area contributed by atoms with Gasteiger partial charge in [-0.05, 0) is 17.5 Å². The first-order valence-electron chi connectivity index (χ1n) is 3.66. The molecule has 1 aromatic carbocycles. The van der Waals surface area contributed by atoms with Gasteiger partial charge in [0.05, 0.1) is 10.0 Å². The molecule has 0 atom stereocenters. The van der Waals surface area contributed by atoms with E-state index in [2.05, 4.69) is 0 Å². The van der Waals surface area contributed by atoms with Crippen LogP contribution in [-0.4, -0.2) is 0 Å². The molecule has 0 aliphatic heterocycles. The summed E-state index contributed by atoms with van der Waals surface area (Å²) in [5.41, 5.74) is 0.729. The fraction of sp³-hybridized carbons (Fsp3) is 0.111. The van der Waals surface area contributed by atoms with Crippen molar-refractivity contribution in [1.82, 2.24) is 0 Å². The Balaban J connectivity index is 2.85. The molecule has 0 amide bonds. The predicted molar refractivity (Wildman–Crippen MR) is 56.2 cm³/mol. The van der Waals surface area contributed by atoms with Crippen molar-refractivity contribution in [1.29, 1.82) is 0 Å². The zero-order valence-corrected chi connectivity index (χ0v) is 8.84. The van der Waals surface area contributed by atoms with E-state index in [0.717, 1.165) is 15.6 Å². The Morgan fingerprint density at radius 1 is 1.31 bits per heavy atom. The zero-order valence-electron chi connectivity index (χ0n) is 6.51. The Labute approximate surface area is 89.5 Å². The average molecular weight is 232 g/mol. The molecule has 0 aliphatic rings. The van der Waals surface area contributed by atoms with Gasteiger partial charge in [0, 0.05) is 15.6 Å². The molecule has 0 fully saturated rings. The van der Waals surface area contributed by atoms with E-state index in [1.54, 1.807) is 6.07 Å². The van der Waals surface area contributed by atoms with Gasteiger partial charge in [-0.25, -0.2) is 5.11 Å². The van der Waals surface area contributed by atoms with Crippen LogP contribution in [-0.2, 0) is 11.7 Å². The molecule has 0 saturated carbocycles. The molecule has 1 nitrogen and oxygen atoms in total. The van der Waals surface area contributed by atoms with Crippen molar-refractivity contribution < 1.29 is 5.11 Å². The highest BCUT2D eigenvalue weighted by Crippen LogP contribution is 2.36. The van der Waals surface area contributed by atoms with Gasteiger partial charge >= 0.3 is 0 Å². The van der Waals surface area contributed by atoms with Gasteiger partial charge in [-0.2, -0.15) is 0 Å². The second kappa shape index (κ2) is 3.46. The maximum Gasteiger partial charge on any atom is 0.109 e. The molecule has 13 heavy (non-hydrogen) atoms. The predicted octanol–water partition coefficient (Wildman–Crippen LogP) is 4.14. The summed E-state index contributed by atoms with van der Waals surface area (Å²) in [4.78, 5) is 0. The second-order valence-electron chi connectivity index (χ2n) is 2.64. The van der Waals surface area contributed by atoms with Crippen molar-refractivity contribution in [2.24, 2.45) is 0 Å². The van der Waals surface area contributed by atoms with Crippen LogP contribution in [0.25, 0.3) is 10.1 Å². The first-order chi connectivity index (χ1) is 6.24. The van der Waals surface area contributed by atoms with E-state index in [0.29, 0.717) is 10.0 Å². The third-order valence-corrected chi connectivity index (χ3v) is 3.66. The third-order valence-electron chi connectivity index (χ3n) is 1.86. The smallest absolute Gasteiger partial charge is 0.109 e. The van der Waals surface area contributed by atoms with Gasteiger partial charge in [-0.1, -0.05) is 23.2 Å². The van der Waals surface area contributed by atoms with E-state index < -0.39 is 0 Å². The standard InChI is InChI=1S/C9H5Cl2OS/c10-6-1-2-7-8(9(6)11)5(3-12)4-13-7/h1-2,4H,3H2. The number of rotatable bonds is 1. The van der Waals surface area contributed by atoms with Crippen molar-refractivity contribution in [3.63, 3.8) is 0 Å². The largest absolute Gasteiger partial charge is 0.232 e. The number of thiophene rings is 1. The summed E-state index contributed by atoms with van der Waals surface area (Å²) in [7, 11) is 0. The molecule has 1 heterocycles. The topological polar surface area (TPSA) is 19.9 Å². The minimum Gasteiger partial charge on any atom is -0.232 e. The van der Waals surface area contributed by atoms with Crippen LogP contribution >= 0.6 is 34.5 Å². The van der Waals surface area contributed by atoms with Crippen LogP contribution in [0.1, 0.15) is 5.56 Å². The highest BCUT2D eigenvalue weighted by Gasteiger charge is 2.09. The van der Waals surface area contributed by atoms with E-state index in [1.807, 2.05) is 11.4 Å². The minimum absolute atomic E-state index is 0.250. The van der Waals surface area contributed by atoms with Crippen LogP contribution in [0.4, 0.5) is 0 Å². The van der Waals surface area contributed by atoms with Crippen LogP contribution in [0, 0.1) is 0 Å². The van der Waals surface area contributed by atoms with E-state index in [4.69, 9.17) is 23.2 Å². The zero-order chi connectivity index (χ0) is 9.42. The van der Waals surface area contributed by atoms with Crippen molar-refractivity contribution >= 4 is 44.6 Å². The van der Waals surface area contributed by atoms with Gasteiger partial charge < -0.3 is 0 Å². The lowest BCUT2D eigenvalue weighted by atomic mass is 10.2. The van der Waals surface area contributed by atoms with E-state index in [-0.39, 0.29) is 6.61 Å². The summed E-state index contributed by atoms with van der Waals surface area (Å²) < 4.78 is 1.01. The van der Waals surface area contributed by atoms with Crippen molar-refractivity contribution in [3.05, 3.63) is 33.1 Å². The summed E-state index contributed by atoms with van der Waals surface area (Å²) in [6.07, 6.45) is 0. The van der Waals surface area contributed by atoms with Gasteiger partial charge in [-0.15, -0.1) is 11.3 Å². The lowest BCUT2D eigenvalue weighted by Gasteiger charge is -1.98. The molecule has 0 N–H and O–H groups in total. The molecule has 0 unspecified atom stereocenters. The Bertz CT molecular complexity index is 450. The van der Waals surface area contributed by atoms with E-state index in [1.165, 1.54) is 11.3 Å². The minimum atomic E-state index is -0.250. The molecule has 0 bridgehead atoms. The maximum atomic E-state index is 10.8. The van der Waals surface area contributed by atoms with Crippen molar-refractivity contribution in [3.8, 4) is 0 Å². The highest BCUT2D eigenvalue weighted by molar-refractivity contribution is 7.17. The van der Waals surface area contributed by atoms with Crippen molar-refractivity contribution in [2.75, 3.05) is 0 Å². The van der Waals surface area contributed by atoms with Gasteiger partial charge in [-0.3, -0.25) is 0 Å². The normalized spacial score (nSPS) is 11.0. The molecule has 0 saturated heterocycles. The fourth-order valence-corrected chi connectivity index (χ4v) is 2.68. The van der Waals surface area contributed by atoms with Crippen LogP contribution < -0.4 is 0 Å². The molecule has 67 valence electrons. The summed E-state index contributed by atoms with van der Waals surface area (Å²) in [5, 5.41) is 14.4. The lowest BCUT2D eigenvalue weighted by Crippen LogP contribution is -1.78. The van der Waals surface area contributed by atoms with Gasteiger partial charge in [0.2, 0.25) is 0 Å². The molecular weight excluding hydrogens is 227 g/mol. The molecule has 1 radical (unpaired) electrons. The monoisotopic (exact) mass is 231 g/mol. The highest BCUT2D eigenvalue weighted by atomic mass is 35.5. The summed E-state index contributed by atoms with van der Waals surface area (Å²) in [5.74, 6) is 0. The number of halogens is 2. The van der Waals surface area contributed by atoms with E-state index in [9.17, 15) is 5.11 Å². The summed E-state index contributed by atoms with van der Waals surface area (Å²) in [6, 6.07) is 3.63. The SMILES string of the molecule is [O]Cc1csc2ccc(Cl)c(Cl)c12. The van der Waals surface area contributed by atoms with E-state index >= 15 is 0 Å². The Kier molecular flexibility index (Phi) is 2.47. The fourth-order valence-electron chi connectivity index (χ4n) is 1.23. The van der Waals surface area contributed by atoms with Gasteiger partial charge in [0.25, 0.3) is 0 Å². The molecule has 2 rings (SSSR count). The quantitative estimate of drug-likeness (QED) is 0.704.